The van der Waals surface area contributed by atoms with E-state index in [4.69, 9.17) is 10.5 Å². The molecule has 0 aromatic carbocycles. The van der Waals surface area contributed by atoms with Gasteiger partial charge in [0.25, 0.3) is 0 Å². The number of nitrogens with two attached hydrogens (primary N) is 1. The molecular weight excluding hydrogens is 162 g/mol. The van der Waals surface area contributed by atoms with E-state index in [1.807, 2.05) is 0 Å². The van der Waals surface area contributed by atoms with Crippen LogP contribution in [0.1, 0.15) is 32.1 Å². The maximum absolute atomic E-state index is 5.46. The van der Waals surface area contributed by atoms with Crippen molar-refractivity contribution >= 4 is 12.4 Å². The van der Waals surface area contributed by atoms with Crippen molar-refractivity contribution in [2.45, 2.75) is 38.2 Å². The summed E-state index contributed by atoms with van der Waals surface area (Å²) in [4.78, 5) is 0. The van der Waals surface area contributed by atoms with E-state index in [2.05, 4.69) is 0 Å². The van der Waals surface area contributed by atoms with E-state index in [1.165, 1.54) is 25.7 Å². The van der Waals surface area contributed by atoms with Gasteiger partial charge in [0, 0.05) is 6.61 Å². The number of ether oxygens (including phenoxy) is 1. The predicted octanol–water partition coefficient (Wildman–Crippen LogP) is 1.72. The molecule has 11 heavy (non-hydrogen) atoms. The molecular formula is C8H18ClNO. The summed E-state index contributed by atoms with van der Waals surface area (Å²) < 4.78 is 5.46. The highest BCUT2D eigenvalue weighted by molar-refractivity contribution is 5.85. The van der Waals surface area contributed by atoms with Crippen molar-refractivity contribution in [1.29, 1.82) is 0 Å². The summed E-state index contributed by atoms with van der Waals surface area (Å²) in [6.45, 7) is 1.81. The molecule has 0 aromatic heterocycles. The second-order valence-corrected chi connectivity index (χ2v) is 2.92. The first-order valence-electron chi connectivity index (χ1n) is 4.25. The van der Waals surface area contributed by atoms with Crippen LogP contribution in [0.25, 0.3) is 0 Å². The molecule has 0 spiro atoms. The summed E-state index contributed by atoms with van der Waals surface area (Å²) in [6.07, 6.45) is 6.70. The van der Waals surface area contributed by atoms with E-state index in [9.17, 15) is 0 Å². The molecule has 0 saturated carbocycles. The van der Waals surface area contributed by atoms with Crippen LogP contribution in [0.4, 0.5) is 0 Å². The van der Waals surface area contributed by atoms with E-state index in [1.54, 1.807) is 0 Å². The molecule has 1 aliphatic rings. The number of hydrogen-bond donors (Lipinski definition) is 1. The monoisotopic (exact) mass is 179 g/mol. The Bertz CT molecular complexity index is 84.2. The Morgan fingerprint density at radius 3 is 2.73 bits per heavy atom. The van der Waals surface area contributed by atoms with Crippen LogP contribution in [-0.4, -0.2) is 19.3 Å². The van der Waals surface area contributed by atoms with Crippen LogP contribution >= 0.6 is 12.4 Å². The zero-order valence-corrected chi connectivity index (χ0v) is 7.74. The fourth-order valence-corrected chi connectivity index (χ4v) is 1.39. The number of rotatable bonds is 4. The van der Waals surface area contributed by atoms with Gasteiger partial charge in [-0.1, -0.05) is 0 Å². The van der Waals surface area contributed by atoms with Crippen LogP contribution in [0.15, 0.2) is 0 Å². The second-order valence-electron chi connectivity index (χ2n) is 2.92. The zero-order valence-electron chi connectivity index (χ0n) is 6.92. The minimum absolute atomic E-state index is 0. The Morgan fingerprint density at radius 2 is 2.18 bits per heavy atom. The van der Waals surface area contributed by atoms with Gasteiger partial charge in [-0.05, 0) is 38.6 Å². The van der Waals surface area contributed by atoms with Crippen LogP contribution in [0.5, 0.6) is 0 Å². The summed E-state index contributed by atoms with van der Waals surface area (Å²) >= 11 is 0. The standard InChI is InChI=1S/C8H17NO.ClH/c9-6-2-1-4-8-5-3-7-10-8;/h8H,1-7,9H2;1H. The van der Waals surface area contributed by atoms with Crippen molar-refractivity contribution in [2.24, 2.45) is 5.73 Å². The third-order valence-corrected chi connectivity index (χ3v) is 2.00. The van der Waals surface area contributed by atoms with Gasteiger partial charge in [0.15, 0.2) is 0 Å². The van der Waals surface area contributed by atoms with Gasteiger partial charge in [-0.25, -0.2) is 0 Å². The number of unbranched alkanes of at least 4 members (excludes halogenated alkanes) is 1. The average molecular weight is 180 g/mol. The highest BCUT2D eigenvalue weighted by Crippen LogP contribution is 2.17. The quantitative estimate of drug-likeness (QED) is 0.667. The lowest BCUT2D eigenvalue weighted by atomic mass is 10.1. The van der Waals surface area contributed by atoms with E-state index < -0.39 is 0 Å². The molecule has 1 saturated heterocycles. The molecule has 3 heteroatoms. The minimum Gasteiger partial charge on any atom is -0.378 e. The Kier molecular flexibility index (Phi) is 7.02. The van der Waals surface area contributed by atoms with E-state index >= 15 is 0 Å². The Morgan fingerprint density at radius 1 is 1.36 bits per heavy atom. The molecule has 1 atom stereocenters. The maximum atomic E-state index is 5.46. The molecule has 2 nitrogen and oxygen atoms in total. The van der Waals surface area contributed by atoms with Crippen LogP contribution in [0.2, 0.25) is 0 Å². The van der Waals surface area contributed by atoms with Gasteiger partial charge in [0.2, 0.25) is 0 Å². The normalized spacial score (nSPS) is 23.2. The van der Waals surface area contributed by atoms with Crippen LogP contribution in [0.3, 0.4) is 0 Å². The lowest BCUT2D eigenvalue weighted by Crippen LogP contribution is -2.06. The summed E-state index contributed by atoms with van der Waals surface area (Å²) in [5, 5.41) is 0. The van der Waals surface area contributed by atoms with Gasteiger partial charge in [-0.15, -0.1) is 12.4 Å². The smallest absolute Gasteiger partial charge is 0.0576 e. The summed E-state index contributed by atoms with van der Waals surface area (Å²) in [6, 6.07) is 0. The molecule has 0 aliphatic carbocycles. The first-order chi connectivity index (χ1) is 4.93. The number of halogens is 1. The lowest BCUT2D eigenvalue weighted by Gasteiger charge is -2.06. The third-order valence-electron chi connectivity index (χ3n) is 2.00. The highest BCUT2D eigenvalue weighted by atomic mass is 35.5. The highest BCUT2D eigenvalue weighted by Gasteiger charge is 2.13. The molecule has 1 aliphatic heterocycles. The summed E-state index contributed by atoms with van der Waals surface area (Å²) in [5.74, 6) is 0. The maximum Gasteiger partial charge on any atom is 0.0576 e. The van der Waals surface area contributed by atoms with Crippen molar-refractivity contribution in [3.05, 3.63) is 0 Å². The van der Waals surface area contributed by atoms with Crippen LogP contribution in [-0.2, 0) is 4.74 Å². The lowest BCUT2D eigenvalue weighted by molar-refractivity contribution is 0.102. The summed E-state index contributed by atoms with van der Waals surface area (Å²) in [5.41, 5.74) is 5.37. The fourth-order valence-electron chi connectivity index (χ4n) is 1.39. The molecule has 1 heterocycles. The predicted molar refractivity (Wildman–Crippen MR) is 49.1 cm³/mol. The fraction of sp³-hybridized carbons (Fsp3) is 1.00. The van der Waals surface area contributed by atoms with Crippen LogP contribution < -0.4 is 5.73 Å². The molecule has 0 amide bonds. The van der Waals surface area contributed by atoms with E-state index in [0.29, 0.717) is 6.10 Å². The SMILES string of the molecule is Cl.NCCCCC1CCCO1. The molecule has 2 N–H and O–H groups in total. The van der Waals surface area contributed by atoms with E-state index in [0.717, 1.165) is 19.6 Å². The molecule has 1 unspecified atom stereocenters. The number of hydrogen-bond acceptors (Lipinski definition) is 2. The van der Waals surface area contributed by atoms with E-state index in [-0.39, 0.29) is 12.4 Å². The molecule has 1 fully saturated rings. The summed E-state index contributed by atoms with van der Waals surface area (Å²) in [7, 11) is 0. The van der Waals surface area contributed by atoms with Gasteiger partial charge < -0.3 is 10.5 Å². The van der Waals surface area contributed by atoms with Crippen molar-refractivity contribution in [3.63, 3.8) is 0 Å². The molecule has 68 valence electrons. The Hall–Kier alpha value is 0.210. The van der Waals surface area contributed by atoms with Crippen molar-refractivity contribution < 1.29 is 4.74 Å². The molecule has 0 bridgehead atoms. The molecule has 0 radical (unpaired) electrons. The van der Waals surface area contributed by atoms with Gasteiger partial charge >= 0.3 is 0 Å². The third kappa shape index (κ3) is 4.62. The van der Waals surface area contributed by atoms with Crippen molar-refractivity contribution in [2.75, 3.05) is 13.2 Å². The van der Waals surface area contributed by atoms with Gasteiger partial charge in [-0.2, -0.15) is 0 Å². The molecule has 0 aromatic rings. The van der Waals surface area contributed by atoms with Crippen molar-refractivity contribution in [3.8, 4) is 0 Å². The van der Waals surface area contributed by atoms with Crippen LogP contribution in [0, 0.1) is 0 Å². The topological polar surface area (TPSA) is 35.2 Å². The Balaban J connectivity index is 0.000001000. The zero-order chi connectivity index (χ0) is 7.23. The van der Waals surface area contributed by atoms with Gasteiger partial charge in [0.05, 0.1) is 6.10 Å². The minimum atomic E-state index is 0. The first kappa shape index (κ1) is 11.2. The average Bonchev–Trinajstić information content (AvgIpc) is 2.41. The van der Waals surface area contributed by atoms with Gasteiger partial charge in [-0.3, -0.25) is 0 Å². The Labute approximate surface area is 74.9 Å². The first-order valence-corrected chi connectivity index (χ1v) is 4.25. The second kappa shape index (κ2) is 6.89. The van der Waals surface area contributed by atoms with Gasteiger partial charge in [0.1, 0.15) is 0 Å². The largest absolute Gasteiger partial charge is 0.378 e. The molecule has 1 rings (SSSR count). The van der Waals surface area contributed by atoms with Crippen molar-refractivity contribution in [1.82, 2.24) is 0 Å².